The van der Waals surface area contributed by atoms with Crippen molar-refractivity contribution in [1.29, 1.82) is 0 Å². The maximum atomic E-state index is 4.91. The maximum absolute atomic E-state index is 4.91. The first-order valence-electron chi connectivity index (χ1n) is 6.96. The third-order valence-corrected chi connectivity index (χ3v) is 3.99. The lowest BCUT2D eigenvalue weighted by Gasteiger charge is -2.19. The predicted molar refractivity (Wildman–Crippen MR) is 80.7 cm³/mol. The van der Waals surface area contributed by atoms with Crippen LogP contribution in [0.3, 0.4) is 0 Å². The van der Waals surface area contributed by atoms with Crippen LogP contribution < -0.4 is 4.90 Å². The van der Waals surface area contributed by atoms with Gasteiger partial charge in [0.25, 0.3) is 0 Å². The number of benzene rings is 2. The molecule has 2 nitrogen and oxygen atoms in total. The normalized spacial score (nSPS) is 15.5. The van der Waals surface area contributed by atoms with Crippen LogP contribution in [-0.2, 0) is 0 Å². The summed E-state index contributed by atoms with van der Waals surface area (Å²) in [6, 6.07) is 17.1. The molecule has 2 aromatic carbocycles. The average molecular weight is 248 g/mol. The van der Waals surface area contributed by atoms with E-state index in [0.29, 0.717) is 0 Å². The lowest BCUT2D eigenvalue weighted by Crippen LogP contribution is -2.19. The van der Waals surface area contributed by atoms with Crippen LogP contribution in [0, 0.1) is 0 Å². The fourth-order valence-corrected chi connectivity index (χ4v) is 3.06. The number of hydrogen-bond donors (Lipinski definition) is 0. The molecule has 0 unspecified atom stereocenters. The summed E-state index contributed by atoms with van der Waals surface area (Å²) in [6.07, 6.45) is 2.56. The Bertz CT molecular complexity index is 742. The molecule has 0 bridgehead atoms. The van der Waals surface area contributed by atoms with Crippen LogP contribution in [0.4, 0.5) is 5.82 Å². The van der Waals surface area contributed by atoms with E-state index in [1.165, 1.54) is 29.0 Å². The fourth-order valence-electron chi connectivity index (χ4n) is 3.06. The number of rotatable bonds is 1. The number of fused-ring (bicyclic) bond motifs is 3. The highest BCUT2D eigenvalue weighted by Crippen LogP contribution is 2.32. The summed E-state index contributed by atoms with van der Waals surface area (Å²) in [4.78, 5) is 7.34. The molecule has 4 rings (SSSR count). The van der Waals surface area contributed by atoms with Gasteiger partial charge in [0, 0.05) is 23.9 Å². The number of para-hydroxylation sites is 1. The SMILES string of the molecule is c1ccc2c(c1)nc(N1CCCC1)c1ccccc12. The van der Waals surface area contributed by atoms with Gasteiger partial charge in [0.15, 0.2) is 0 Å². The van der Waals surface area contributed by atoms with Gasteiger partial charge in [0.2, 0.25) is 0 Å². The van der Waals surface area contributed by atoms with Crippen LogP contribution in [0.25, 0.3) is 21.7 Å². The number of aromatic nitrogens is 1. The molecule has 0 N–H and O–H groups in total. The van der Waals surface area contributed by atoms with Gasteiger partial charge in [-0.3, -0.25) is 0 Å². The van der Waals surface area contributed by atoms with Gasteiger partial charge in [-0.25, -0.2) is 4.98 Å². The molecule has 0 aliphatic carbocycles. The van der Waals surface area contributed by atoms with Crippen LogP contribution in [0.15, 0.2) is 48.5 Å². The smallest absolute Gasteiger partial charge is 0.137 e. The summed E-state index contributed by atoms with van der Waals surface area (Å²) in [5, 5.41) is 3.85. The van der Waals surface area contributed by atoms with E-state index in [1.807, 2.05) is 0 Å². The van der Waals surface area contributed by atoms with Gasteiger partial charge >= 0.3 is 0 Å². The summed E-state index contributed by atoms with van der Waals surface area (Å²) in [6.45, 7) is 2.27. The van der Waals surface area contributed by atoms with Crippen molar-refractivity contribution in [2.45, 2.75) is 12.8 Å². The molecular weight excluding hydrogens is 232 g/mol. The van der Waals surface area contributed by atoms with E-state index in [4.69, 9.17) is 4.98 Å². The second-order valence-electron chi connectivity index (χ2n) is 5.19. The fraction of sp³-hybridized carbons (Fsp3) is 0.235. The van der Waals surface area contributed by atoms with Crippen LogP contribution in [-0.4, -0.2) is 18.1 Å². The van der Waals surface area contributed by atoms with Crippen LogP contribution in [0.2, 0.25) is 0 Å². The second-order valence-corrected chi connectivity index (χ2v) is 5.19. The molecule has 2 heteroatoms. The Kier molecular flexibility index (Phi) is 2.41. The maximum Gasteiger partial charge on any atom is 0.137 e. The summed E-state index contributed by atoms with van der Waals surface area (Å²) in [7, 11) is 0. The Morgan fingerprint density at radius 1 is 0.737 bits per heavy atom. The van der Waals surface area contributed by atoms with Crippen molar-refractivity contribution >= 4 is 27.5 Å². The molecule has 1 aromatic heterocycles. The molecule has 0 saturated carbocycles. The van der Waals surface area contributed by atoms with Crippen molar-refractivity contribution in [2.75, 3.05) is 18.0 Å². The summed E-state index contributed by atoms with van der Waals surface area (Å²) in [5.41, 5.74) is 1.10. The Morgan fingerprint density at radius 2 is 1.37 bits per heavy atom. The minimum Gasteiger partial charge on any atom is -0.356 e. The molecule has 1 saturated heterocycles. The van der Waals surface area contributed by atoms with E-state index < -0.39 is 0 Å². The molecular formula is C17H16N2. The number of hydrogen-bond acceptors (Lipinski definition) is 2. The second kappa shape index (κ2) is 4.23. The van der Waals surface area contributed by atoms with Gasteiger partial charge in [-0.1, -0.05) is 42.5 Å². The average Bonchev–Trinajstić information content (AvgIpc) is 3.00. The molecule has 0 amide bonds. The molecule has 0 atom stereocenters. The zero-order valence-corrected chi connectivity index (χ0v) is 10.8. The van der Waals surface area contributed by atoms with Crippen molar-refractivity contribution in [2.24, 2.45) is 0 Å². The van der Waals surface area contributed by atoms with Crippen LogP contribution in [0.1, 0.15) is 12.8 Å². The zero-order chi connectivity index (χ0) is 12.7. The lowest BCUT2D eigenvalue weighted by molar-refractivity contribution is 0.949. The summed E-state index contributed by atoms with van der Waals surface area (Å²) in [5.74, 6) is 1.16. The largest absolute Gasteiger partial charge is 0.356 e. The predicted octanol–water partition coefficient (Wildman–Crippen LogP) is 3.99. The van der Waals surface area contributed by atoms with E-state index in [0.717, 1.165) is 24.4 Å². The highest BCUT2D eigenvalue weighted by molar-refractivity contribution is 6.10. The highest BCUT2D eigenvalue weighted by atomic mass is 15.2. The Labute approximate surface area is 112 Å². The molecule has 1 aliphatic rings. The number of pyridine rings is 1. The zero-order valence-electron chi connectivity index (χ0n) is 10.8. The van der Waals surface area contributed by atoms with E-state index in [9.17, 15) is 0 Å². The van der Waals surface area contributed by atoms with Crippen molar-refractivity contribution in [1.82, 2.24) is 4.98 Å². The first kappa shape index (κ1) is 10.8. The minimum atomic E-state index is 1.10. The van der Waals surface area contributed by atoms with Gasteiger partial charge in [0.05, 0.1) is 5.52 Å². The van der Waals surface area contributed by atoms with Gasteiger partial charge in [-0.15, -0.1) is 0 Å². The quantitative estimate of drug-likeness (QED) is 0.605. The van der Waals surface area contributed by atoms with Gasteiger partial charge < -0.3 is 4.90 Å². The van der Waals surface area contributed by atoms with E-state index >= 15 is 0 Å². The number of anilines is 1. The topological polar surface area (TPSA) is 16.1 Å². The molecule has 1 aliphatic heterocycles. The third kappa shape index (κ3) is 1.67. The van der Waals surface area contributed by atoms with Gasteiger partial charge in [0.1, 0.15) is 5.82 Å². The monoisotopic (exact) mass is 248 g/mol. The molecule has 0 spiro atoms. The number of nitrogens with zero attached hydrogens (tertiary/aromatic N) is 2. The lowest BCUT2D eigenvalue weighted by atomic mass is 10.1. The first-order chi connectivity index (χ1) is 9.43. The molecule has 2 heterocycles. The molecule has 19 heavy (non-hydrogen) atoms. The minimum absolute atomic E-state index is 1.10. The molecule has 0 radical (unpaired) electrons. The first-order valence-corrected chi connectivity index (χ1v) is 6.96. The Hall–Kier alpha value is -2.09. The van der Waals surface area contributed by atoms with Crippen molar-refractivity contribution in [3.63, 3.8) is 0 Å². The molecule has 94 valence electrons. The van der Waals surface area contributed by atoms with E-state index in [2.05, 4.69) is 53.4 Å². The highest BCUT2D eigenvalue weighted by Gasteiger charge is 2.17. The van der Waals surface area contributed by atoms with Gasteiger partial charge in [-0.05, 0) is 24.3 Å². The summed E-state index contributed by atoms with van der Waals surface area (Å²) >= 11 is 0. The van der Waals surface area contributed by atoms with Gasteiger partial charge in [-0.2, -0.15) is 0 Å². The van der Waals surface area contributed by atoms with Crippen molar-refractivity contribution in [3.05, 3.63) is 48.5 Å². The summed E-state index contributed by atoms with van der Waals surface area (Å²) < 4.78 is 0. The molecule has 3 aromatic rings. The van der Waals surface area contributed by atoms with Crippen LogP contribution in [0.5, 0.6) is 0 Å². The van der Waals surface area contributed by atoms with Crippen LogP contribution >= 0.6 is 0 Å². The van der Waals surface area contributed by atoms with Crippen molar-refractivity contribution in [3.8, 4) is 0 Å². The Morgan fingerprint density at radius 3 is 2.16 bits per heavy atom. The van der Waals surface area contributed by atoms with Crippen molar-refractivity contribution < 1.29 is 0 Å². The molecule has 1 fully saturated rings. The Balaban J connectivity index is 2.09. The standard InChI is InChI=1S/C17H16N2/c1-2-9-15-13(7-1)14-8-3-4-10-16(14)18-17(15)19-11-5-6-12-19/h1-4,7-10H,5-6,11-12H2. The van der Waals surface area contributed by atoms with E-state index in [-0.39, 0.29) is 0 Å². The van der Waals surface area contributed by atoms with E-state index in [1.54, 1.807) is 0 Å². The third-order valence-electron chi connectivity index (χ3n) is 3.99.